The summed E-state index contributed by atoms with van der Waals surface area (Å²) < 4.78 is 7.42. The van der Waals surface area contributed by atoms with Gasteiger partial charge in [-0.1, -0.05) is 49.9 Å². The minimum atomic E-state index is -0.616. The number of nitrogens with zero attached hydrogens (tertiary/aromatic N) is 4. The van der Waals surface area contributed by atoms with Gasteiger partial charge in [0.15, 0.2) is 5.65 Å². The number of hydrogen-bond acceptors (Lipinski definition) is 6. The number of benzene rings is 2. The first-order valence-corrected chi connectivity index (χ1v) is 10.2. The quantitative estimate of drug-likeness (QED) is 0.479. The van der Waals surface area contributed by atoms with Crippen LogP contribution in [0.15, 0.2) is 60.0 Å². The van der Waals surface area contributed by atoms with E-state index in [0.29, 0.717) is 16.8 Å². The Morgan fingerprint density at radius 1 is 1.14 bits per heavy atom. The zero-order valence-corrected chi connectivity index (χ0v) is 16.6. The van der Waals surface area contributed by atoms with E-state index in [9.17, 15) is 5.11 Å². The summed E-state index contributed by atoms with van der Waals surface area (Å²) in [7, 11) is 0. The van der Waals surface area contributed by atoms with Crippen molar-refractivity contribution in [2.24, 2.45) is 0 Å². The fraction of sp³-hybridized carbons (Fsp3) is 0.286. The molecule has 28 heavy (non-hydrogen) atoms. The van der Waals surface area contributed by atoms with E-state index in [1.807, 2.05) is 42.5 Å². The highest BCUT2D eigenvalue weighted by atomic mass is 32.2. The lowest BCUT2D eigenvalue weighted by molar-refractivity contribution is 0.126. The number of ether oxygens (including phenoxy) is 1. The number of aliphatic hydroxyl groups excluding tert-OH is 1. The van der Waals surface area contributed by atoms with E-state index in [0.717, 1.165) is 22.3 Å². The highest BCUT2D eigenvalue weighted by Gasteiger charge is 2.12. The monoisotopic (exact) mass is 394 g/mol. The fourth-order valence-corrected chi connectivity index (χ4v) is 3.63. The van der Waals surface area contributed by atoms with Crippen LogP contribution in [0.3, 0.4) is 0 Å². The molecule has 6 nitrogen and oxygen atoms in total. The molecule has 0 bridgehead atoms. The Bertz CT molecular complexity index is 1100. The molecule has 0 saturated carbocycles. The summed E-state index contributed by atoms with van der Waals surface area (Å²) in [4.78, 5) is 8.97. The van der Waals surface area contributed by atoms with Crippen LogP contribution in [0.1, 0.15) is 25.3 Å². The molecule has 2 heterocycles. The third-order valence-electron chi connectivity index (χ3n) is 4.43. The Hall–Kier alpha value is -2.64. The summed E-state index contributed by atoms with van der Waals surface area (Å²) in [5.74, 6) is 1.67. The molecule has 1 atom stereocenters. The highest BCUT2D eigenvalue weighted by molar-refractivity contribution is 7.99. The largest absolute Gasteiger partial charge is 0.491 e. The fourth-order valence-electron chi connectivity index (χ4n) is 2.90. The van der Waals surface area contributed by atoms with Crippen molar-refractivity contribution in [1.82, 2.24) is 19.6 Å². The predicted molar refractivity (Wildman–Crippen MR) is 111 cm³/mol. The minimum absolute atomic E-state index is 0.229. The lowest BCUT2D eigenvalue weighted by atomic mass is 10.0. The Labute approximate surface area is 167 Å². The lowest BCUT2D eigenvalue weighted by Crippen LogP contribution is -2.20. The smallest absolute Gasteiger partial charge is 0.209 e. The van der Waals surface area contributed by atoms with Gasteiger partial charge in [-0.2, -0.15) is 0 Å². The molecule has 0 radical (unpaired) electrons. The topological polar surface area (TPSA) is 72.5 Å². The van der Waals surface area contributed by atoms with Gasteiger partial charge in [0.25, 0.3) is 0 Å². The summed E-state index contributed by atoms with van der Waals surface area (Å²) in [6.07, 6.45) is 1.05. The molecular weight excluding hydrogens is 372 g/mol. The zero-order valence-electron chi connectivity index (χ0n) is 15.8. The maximum absolute atomic E-state index is 10.3. The van der Waals surface area contributed by atoms with E-state index < -0.39 is 6.10 Å². The lowest BCUT2D eigenvalue weighted by Gasteiger charge is -2.13. The zero-order chi connectivity index (χ0) is 19.5. The molecule has 1 N–H and O–H groups in total. The number of thioether (sulfide) groups is 1. The molecule has 2 aromatic heterocycles. The maximum atomic E-state index is 10.3. The Morgan fingerprint density at radius 3 is 2.86 bits per heavy atom. The molecule has 7 heteroatoms. The van der Waals surface area contributed by atoms with Crippen LogP contribution in [0.2, 0.25) is 0 Å². The van der Waals surface area contributed by atoms with Crippen molar-refractivity contribution < 1.29 is 9.84 Å². The Kier molecular flexibility index (Phi) is 5.45. The van der Waals surface area contributed by atoms with Crippen molar-refractivity contribution in [2.75, 3.05) is 12.4 Å². The van der Waals surface area contributed by atoms with Gasteiger partial charge in [-0.05, 0) is 35.7 Å². The third-order valence-corrected chi connectivity index (χ3v) is 5.42. The van der Waals surface area contributed by atoms with Crippen molar-refractivity contribution in [1.29, 1.82) is 0 Å². The first-order chi connectivity index (χ1) is 13.6. The molecule has 2 aromatic carbocycles. The van der Waals surface area contributed by atoms with E-state index in [4.69, 9.17) is 4.74 Å². The normalized spacial score (nSPS) is 12.7. The summed E-state index contributed by atoms with van der Waals surface area (Å²) >= 11 is 1.41. The third kappa shape index (κ3) is 4.10. The van der Waals surface area contributed by atoms with Gasteiger partial charge in [0.1, 0.15) is 18.7 Å². The predicted octanol–water partition coefficient (Wildman–Crippen LogP) is 3.93. The van der Waals surface area contributed by atoms with Gasteiger partial charge < -0.3 is 9.84 Å². The van der Waals surface area contributed by atoms with Gasteiger partial charge in [0.05, 0.1) is 11.6 Å². The van der Waals surface area contributed by atoms with Crippen LogP contribution in [0.25, 0.3) is 16.6 Å². The first kappa shape index (κ1) is 18.7. The van der Waals surface area contributed by atoms with E-state index >= 15 is 0 Å². The molecule has 4 aromatic rings. The molecule has 0 fully saturated rings. The molecule has 0 amide bonds. The van der Waals surface area contributed by atoms with Gasteiger partial charge in [0.2, 0.25) is 5.16 Å². The average Bonchev–Trinajstić information content (AvgIpc) is 3.14. The van der Waals surface area contributed by atoms with Gasteiger partial charge in [-0.3, -0.25) is 0 Å². The number of hydrogen-bond donors (Lipinski definition) is 1. The second kappa shape index (κ2) is 8.16. The molecule has 0 spiro atoms. The van der Waals surface area contributed by atoms with Crippen molar-refractivity contribution in [2.45, 2.75) is 31.0 Å². The molecular formula is C21H22N4O2S. The van der Waals surface area contributed by atoms with Crippen LogP contribution < -0.4 is 4.74 Å². The van der Waals surface area contributed by atoms with Gasteiger partial charge in [0, 0.05) is 11.1 Å². The molecule has 0 saturated heterocycles. The maximum Gasteiger partial charge on any atom is 0.209 e. The molecule has 144 valence electrons. The van der Waals surface area contributed by atoms with Crippen LogP contribution >= 0.6 is 11.8 Å². The van der Waals surface area contributed by atoms with Gasteiger partial charge in [-0.25, -0.2) is 14.5 Å². The van der Waals surface area contributed by atoms with Crippen LogP contribution in [0.4, 0.5) is 0 Å². The summed E-state index contributed by atoms with van der Waals surface area (Å²) in [6, 6.07) is 15.8. The van der Waals surface area contributed by atoms with Crippen LogP contribution in [-0.4, -0.2) is 43.2 Å². The van der Waals surface area contributed by atoms with E-state index in [1.165, 1.54) is 17.3 Å². The van der Waals surface area contributed by atoms with Crippen molar-refractivity contribution in [3.8, 4) is 5.75 Å². The number of para-hydroxylation sites is 1. The van der Waals surface area contributed by atoms with Crippen molar-refractivity contribution in [3.05, 3.63) is 60.4 Å². The molecule has 0 unspecified atom stereocenters. The second-order valence-corrected chi connectivity index (χ2v) is 7.91. The SMILES string of the molecule is CC(C)c1cccc(OC[C@H](O)CSc2nc3c4ccccc4ncn3n2)c1. The Morgan fingerprint density at radius 2 is 2.00 bits per heavy atom. The summed E-state index contributed by atoms with van der Waals surface area (Å²) in [6.45, 7) is 4.52. The number of fused-ring (bicyclic) bond motifs is 3. The minimum Gasteiger partial charge on any atom is -0.491 e. The van der Waals surface area contributed by atoms with Gasteiger partial charge >= 0.3 is 0 Å². The number of aromatic nitrogens is 4. The summed E-state index contributed by atoms with van der Waals surface area (Å²) in [5.41, 5.74) is 2.87. The van der Waals surface area contributed by atoms with Crippen LogP contribution in [0, 0.1) is 0 Å². The first-order valence-electron chi connectivity index (χ1n) is 9.24. The molecule has 0 aliphatic heterocycles. The average molecular weight is 395 g/mol. The molecule has 0 aliphatic carbocycles. The molecule has 0 aliphatic rings. The van der Waals surface area contributed by atoms with Crippen LogP contribution in [0.5, 0.6) is 5.75 Å². The van der Waals surface area contributed by atoms with E-state index in [1.54, 1.807) is 10.8 Å². The highest BCUT2D eigenvalue weighted by Crippen LogP contribution is 2.22. The molecule has 4 rings (SSSR count). The van der Waals surface area contributed by atoms with E-state index in [-0.39, 0.29) is 6.61 Å². The second-order valence-electron chi connectivity index (χ2n) is 6.93. The summed E-state index contributed by atoms with van der Waals surface area (Å²) in [5, 5.41) is 16.3. The Balaban J connectivity index is 1.37. The standard InChI is InChI=1S/C21H22N4O2S/c1-14(2)15-6-5-7-17(10-15)27-11-16(26)12-28-21-23-20-18-8-3-4-9-19(18)22-13-25(20)24-21/h3-10,13-14,16,26H,11-12H2,1-2H3/t16-/m0/s1. The van der Waals surface area contributed by atoms with Crippen molar-refractivity contribution in [3.63, 3.8) is 0 Å². The van der Waals surface area contributed by atoms with Gasteiger partial charge in [-0.15, -0.1) is 5.10 Å². The van der Waals surface area contributed by atoms with Crippen LogP contribution in [-0.2, 0) is 0 Å². The van der Waals surface area contributed by atoms with E-state index in [2.05, 4.69) is 35.0 Å². The van der Waals surface area contributed by atoms with Crippen molar-refractivity contribution >= 4 is 28.3 Å². The number of rotatable bonds is 7. The number of aliphatic hydroxyl groups is 1.